The molecule has 7 nitrogen and oxygen atoms in total. The Bertz CT molecular complexity index is 1200. The minimum Gasteiger partial charge on any atom is -0.439 e. The second-order valence-electron chi connectivity index (χ2n) is 8.06. The minimum atomic E-state index is 0.274. The first kappa shape index (κ1) is 20.2. The molecule has 0 aliphatic carbocycles. The number of rotatable bonds is 7. The smallest absolute Gasteiger partial charge is 0.222 e. The van der Waals surface area contributed by atoms with Crippen LogP contribution in [0.4, 0.5) is 0 Å². The number of nitrogens with zero attached hydrogens (tertiary/aromatic N) is 4. The predicted octanol–water partition coefficient (Wildman–Crippen LogP) is 4.76. The maximum Gasteiger partial charge on any atom is 0.222 e. The number of pyridine rings is 2. The van der Waals surface area contributed by atoms with Gasteiger partial charge in [-0.1, -0.05) is 6.07 Å². The monoisotopic (exact) mass is 427 g/mol. The van der Waals surface area contributed by atoms with E-state index < -0.39 is 0 Å². The molecule has 1 saturated heterocycles. The highest BCUT2D eigenvalue weighted by atomic mass is 16.5. The van der Waals surface area contributed by atoms with Gasteiger partial charge in [0.25, 0.3) is 0 Å². The number of nitrogens with one attached hydrogen (secondary N) is 1. The van der Waals surface area contributed by atoms with Crippen LogP contribution in [0.3, 0.4) is 0 Å². The lowest BCUT2D eigenvalue weighted by molar-refractivity contribution is -0.130. The Hall–Kier alpha value is -3.74. The Kier molecular flexibility index (Phi) is 5.79. The summed E-state index contributed by atoms with van der Waals surface area (Å²) in [5.74, 6) is 1.52. The fourth-order valence-electron chi connectivity index (χ4n) is 4.03. The number of aromatic amines is 1. The topological polar surface area (TPSA) is 84.0 Å². The van der Waals surface area contributed by atoms with Gasteiger partial charge in [-0.3, -0.25) is 14.9 Å². The summed E-state index contributed by atoms with van der Waals surface area (Å²) in [5, 5.41) is 7.89. The van der Waals surface area contributed by atoms with Gasteiger partial charge < -0.3 is 9.64 Å². The summed E-state index contributed by atoms with van der Waals surface area (Å²) in [6.45, 7) is 1.84. The third kappa shape index (κ3) is 4.61. The minimum absolute atomic E-state index is 0.274. The van der Waals surface area contributed by atoms with Gasteiger partial charge in [-0.25, -0.2) is 4.98 Å². The van der Waals surface area contributed by atoms with Crippen molar-refractivity contribution in [3.8, 4) is 22.9 Å². The molecule has 4 aromatic rings. The van der Waals surface area contributed by atoms with Crippen LogP contribution in [0, 0.1) is 0 Å². The van der Waals surface area contributed by atoms with Gasteiger partial charge in [-0.2, -0.15) is 5.10 Å². The van der Waals surface area contributed by atoms with Gasteiger partial charge >= 0.3 is 0 Å². The molecule has 162 valence electrons. The quantitative estimate of drug-likeness (QED) is 0.460. The zero-order chi connectivity index (χ0) is 21.8. The van der Waals surface area contributed by atoms with Crippen molar-refractivity contribution in [1.29, 1.82) is 0 Å². The normalized spacial score (nSPS) is 13.6. The van der Waals surface area contributed by atoms with E-state index in [1.54, 1.807) is 12.4 Å². The predicted molar refractivity (Wildman–Crippen MR) is 122 cm³/mol. The lowest BCUT2D eigenvalue weighted by atomic mass is 10.1. The van der Waals surface area contributed by atoms with Crippen LogP contribution in [0.15, 0.2) is 60.9 Å². The van der Waals surface area contributed by atoms with E-state index in [9.17, 15) is 4.79 Å². The van der Waals surface area contributed by atoms with Crippen LogP contribution in [0.25, 0.3) is 22.2 Å². The van der Waals surface area contributed by atoms with E-state index in [1.807, 2.05) is 47.4 Å². The van der Waals surface area contributed by atoms with Gasteiger partial charge in [0.2, 0.25) is 11.8 Å². The van der Waals surface area contributed by atoms with E-state index >= 15 is 0 Å². The van der Waals surface area contributed by atoms with Gasteiger partial charge in [0.05, 0.1) is 11.2 Å². The number of aryl methyl sites for hydroxylation is 1. The summed E-state index contributed by atoms with van der Waals surface area (Å²) in [6, 6.07) is 15.6. The Labute approximate surface area is 186 Å². The molecule has 7 heteroatoms. The number of carbonyl (C=O) groups excluding carboxylic acids is 1. The lowest BCUT2D eigenvalue weighted by Gasteiger charge is -2.14. The molecule has 1 aliphatic heterocycles. The number of benzene rings is 1. The number of fused-ring (bicyclic) bond motifs is 1. The van der Waals surface area contributed by atoms with Crippen molar-refractivity contribution in [1.82, 2.24) is 25.1 Å². The fraction of sp³-hybridized carbons (Fsp3) is 0.280. The zero-order valence-corrected chi connectivity index (χ0v) is 17.8. The van der Waals surface area contributed by atoms with Gasteiger partial charge in [0.15, 0.2) is 0 Å². The molecule has 0 atom stereocenters. The maximum atomic E-state index is 12.2. The SMILES string of the molecule is O=C(CCCc1ccc2cc(Oc3ccc(-c4ccn[nH]4)cn3)ccc2n1)N1CCCC1. The number of aromatic nitrogens is 4. The summed E-state index contributed by atoms with van der Waals surface area (Å²) >= 11 is 0. The molecule has 1 amide bonds. The standard InChI is InChI=1S/C25H25N5O2/c31-25(30-14-1-2-15-30)5-3-4-20-8-6-18-16-21(9-10-22(18)28-20)32-24-11-7-19(17-26-24)23-12-13-27-29-23/h6-13,16-17H,1-5,14-15H2,(H,27,29). The number of carbonyl (C=O) groups is 1. The van der Waals surface area contributed by atoms with Crippen molar-refractivity contribution >= 4 is 16.8 Å². The highest BCUT2D eigenvalue weighted by Gasteiger charge is 2.17. The molecule has 0 spiro atoms. The molecule has 0 radical (unpaired) electrons. The molecule has 1 aliphatic rings. The van der Waals surface area contributed by atoms with Crippen LogP contribution in [-0.4, -0.2) is 44.1 Å². The first-order valence-electron chi connectivity index (χ1n) is 11.1. The average Bonchev–Trinajstić information content (AvgIpc) is 3.54. The second kappa shape index (κ2) is 9.18. The van der Waals surface area contributed by atoms with Crippen molar-refractivity contribution < 1.29 is 9.53 Å². The van der Waals surface area contributed by atoms with Crippen LogP contribution in [-0.2, 0) is 11.2 Å². The molecule has 0 bridgehead atoms. The van der Waals surface area contributed by atoms with Crippen molar-refractivity contribution in [3.63, 3.8) is 0 Å². The number of H-pyrrole nitrogens is 1. The maximum absolute atomic E-state index is 12.2. The Morgan fingerprint density at radius 3 is 2.75 bits per heavy atom. The van der Waals surface area contributed by atoms with Crippen LogP contribution in [0.2, 0.25) is 0 Å². The lowest BCUT2D eigenvalue weighted by Crippen LogP contribution is -2.27. The summed E-state index contributed by atoms with van der Waals surface area (Å²) in [4.78, 5) is 23.3. The van der Waals surface area contributed by atoms with Gasteiger partial charge in [0.1, 0.15) is 5.75 Å². The van der Waals surface area contributed by atoms with Crippen molar-refractivity contribution in [3.05, 3.63) is 66.6 Å². The van der Waals surface area contributed by atoms with Gasteiger partial charge in [-0.05, 0) is 62.1 Å². The number of amides is 1. The van der Waals surface area contributed by atoms with E-state index in [2.05, 4.69) is 21.2 Å². The van der Waals surface area contributed by atoms with Crippen LogP contribution in [0.1, 0.15) is 31.4 Å². The highest BCUT2D eigenvalue weighted by Crippen LogP contribution is 2.26. The molecule has 1 aromatic carbocycles. The number of ether oxygens (including phenoxy) is 1. The van der Waals surface area contributed by atoms with Gasteiger partial charge in [0, 0.05) is 54.6 Å². The molecular formula is C25H25N5O2. The summed E-state index contributed by atoms with van der Waals surface area (Å²) in [6.07, 6.45) is 7.97. The third-order valence-electron chi connectivity index (χ3n) is 5.77. The number of hydrogen-bond acceptors (Lipinski definition) is 5. The molecule has 3 aromatic heterocycles. The summed E-state index contributed by atoms with van der Waals surface area (Å²) in [7, 11) is 0. The summed E-state index contributed by atoms with van der Waals surface area (Å²) in [5.41, 5.74) is 3.80. The van der Waals surface area contributed by atoms with E-state index in [1.165, 1.54) is 0 Å². The van der Waals surface area contributed by atoms with Crippen molar-refractivity contribution in [2.24, 2.45) is 0 Å². The second-order valence-corrected chi connectivity index (χ2v) is 8.06. The van der Waals surface area contributed by atoms with Crippen LogP contribution in [0.5, 0.6) is 11.6 Å². The third-order valence-corrected chi connectivity index (χ3v) is 5.77. The molecule has 1 fully saturated rings. The molecule has 1 N–H and O–H groups in total. The van der Waals surface area contributed by atoms with Crippen molar-refractivity contribution in [2.75, 3.05) is 13.1 Å². The molecule has 0 unspecified atom stereocenters. The first-order valence-corrected chi connectivity index (χ1v) is 11.1. The zero-order valence-electron chi connectivity index (χ0n) is 17.8. The van der Waals surface area contributed by atoms with E-state index in [4.69, 9.17) is 9.72 Å². The molecule has 4 heterocycles. The van der Waals surface area contributed by atoms with Crippen molar-refractivity contribution in [2.45, 2.75) is 32.1 Å². The van der Waals surface area contributed by atoms with E-state index in [0.29, 0.717) is 18.1 Å². The average molecular weight is 428 g/mol. The molecular weight excluding hydrogens is 402 g/mol. The molecule has 32 heavy (non-hydrogen) atoms. The van der Waals surface area contributed by atoms with Gasteiger partial charge in [-0.15, -0.1) is 0 Å². The number of hydrogen-bond donors (Lipinski definition) is 1. The Morgan fingerprint density at radius 1 is 1.06 bits per heavy atom. The highest BCUT2D eigenvalue weighted by molar-refractivity contribution is 5.80. The molecule has 5 rings (SSSR count). The summed E-state index contributed by atoms with van der Waals surface area (Å²) < 4.78 is 5.92. The van der Waals surface area contributed by atoms with E-state index in [-0.39, 0.29) is 5.91 Å². The van der Waals surface area contributed by atoms with Crippen LogP contribution < -0.4 is 4.74 Å². The first-order chi connectivity index (χ1) is 15.7. The largest absolute Gasteiger partial charge is 0.439 e. The van der Waals surface area contributed by atoms with E-state index in [0.717, 1.165) is 66.6 Å². The molecule has 0 saturated carbocycles. The Balaban J connectivity index is 1.20. The number of likely N-dealkylation sites (tertiary alicyclic amines) is 1. The van der Waals surface area contributed by atoms with Crippen LogP contribution >= 0.6 is 0 Å². The Morgan fingerprint density at radius 2 is 1.97 bits per heavy atom. The fourth-order valence-corrected chi connectivity index (χ4v) is 4.03.